The largest absolute Gasteiger partial charge is 0.497 e. The first-order chi connectivity index (χ1) is 9.35. The Kier molecular flexibility index (Phi) is 4.34. The van der Waals surface area contributed by atoms with Crippen LogP contribution >= 0.6 is 11.8 Å². The molecule has 1 atom stereocenters. The molecule has 3 heteroatoms. The van der Waals surface area contributed by atoms with Crippen LogP contribution in [0, 0.1) is 0 Å². The Balaban J connectivity index is 1.63. The molecule has 1 saturated heterocycles. The predicted molar refractivity (Wildman–Crippen MR) is 82.3 cm³/mol. The van der Waals surface area contributed by atoms with Crippen LogP contribution in [-0.4, -0.2) is 30.7 Å². The van der Waals surface area contributed by atoms with Gasteiger partial charge in [-0.1, -0.05) is 6.07 Å². The van der Waals surface area contributed by atoms with Gasteiger partial charge in [0.2, 0.25) is 0 Å². The van der Waals surface area contributed by atoms with Crippen LogP contribution in [0.25, 0.3) is 0 Å². The molecule has 1 fully saturated rings. The summed E-state index contributed by atoms with van der Waals surface area (Å²) >= 11 is 2.10. The van der Waals surface area contributed by atoms with Crippen molar-refractivity contribution in [1.29, 1.82) is 0 Å². The summed E-state index contributed by atoms with van der Waals surface area (Å²) < 4.78 is 5.34. The summed E-state index contributed by atoms with van der Waals surface area (Å²) in [5.41, 5.74) is 2.99. The molecule has 1 aromatic rings. The monoisotopic (exact) mass is 277 g/mol. The summed E-state index contributed by atoms with van der Waals surface area (Å²) in [5.74, 6) is 3.65. The van der Waals surface area contributed by atoms with Gasteiger partial charge in [0.15, 0.2) is 0 Å². The van der Waals surface area contributed by atoms with Crippen LogP contribution in [0.4, 0.5) is 0 Å². The van der Waals surface area contributed by atoms with E-state index in [9.17, 15) is 0 Å². The Hall–Kier alpha value is -0.670. The van der Waals surface area contributed by atoms with Gasteiger partial charge in [-0.15, -0.1) is 0 Å². The van der Waals surface area contributed by atoms with Gasteiger partial charge in [0.25, 0.3) is 0 Å². The average Bonchev–Trinajstić information content (AvgIpc) is 2.47. The Bertz CT molecular complexity index is 429. The summed E-state index contributed by atoms with van der Waals surface area (Å²) in [6.07, 6.45) is 6.33. The number of hydrogen-bond acceptors (Lipinski definition) is 3. The number of thioether (sulfide) groups is 1. The van der Waals surface area contributed by atoms with Crippen molar-refractivity contribution in [3.63, 3.8) is 0 Å². The fourth-order valence-corrected chi connectivity index (χ4v) is 4.31. The van der Waals surface area contributed by atoms with Crippen molar-refractivity contribution in [1.82, 2.24) is 5.32 Å². The fraction of sp³-hybridized carbons (Fsp3) is 0.625. The van der Waals surface area contributed by atoms with Crippen molar-refractivity contribution in [3.05, 3.63) is 29.3 Å². The topological polar surface area (TPSA) is 21.3 Å². The van der Waals surface area contributed by atoms with Crippen LogP contribution in [0.1, 0.15) is 30.4 Å². The van der Waals surface area contributed by atoms with E-state index in [2.05, 4.69) is 35.3 Å². The molecular weight excluding hydrogens is 254 g/mol. The van der Waals surface area contributed by atoms with Gasteiger partial charge in [-0.3, -0.25) is 0 Å². The minimum atomic E-state index is 0.660. The molecule has 0 saturated carbocycles. The SMILES string of the molecule is COc1ccc2c(c1)CC(NC1CCSCC1)CC2. The van der Waals surface area contributed by atoms with Gasteiger partial charge >= 0.3 is 0 Å². The van der Waals surface area contributed by atoms with Gasteiger partial charge in [0, 0.05) is 12.1 Å². The van der Waals surface area contributed by atoms with Gasteiger partial charge in [-0.05, 0) is 66.9 Å². The summed E-state index contributed by atoms with van der Waals surface area (Å²) in [6.45, 7) is 0. The van der Waals surface area contributed by atoms with Crippen molar-refractivity contribution >= 4 is 11.8 Å². The van der Waals surface area contributed by atoms with Crippen molar-refractivity contribution in [2.45, 2.75) is 44.2 Å². The maximum Gasteiger partial charge on any atom is 0.119 e. The highest BCUT2D eigenvalue weighted by molar-refractivity contribution is 7.99. The molecule has 2 aliphatic rings. The maximum absolute atomic E-state index is 5.34. The van der Waals surface area contributed by atoms with E-state index in [1.165, 1.54) is 48.3 Å². The normalized spacial score (nSPS) is 23.9. The number of methoxy groups -OCH3 is 1. The van der Waals surface area contributed by atoms with Gasteiger partial charge in [-0.2, -0.15) is 11.8 Å². The van der Waals surface area contributed by atoms with Crippen LogP contribution in [0.15, 0.2) is 18.2 Å². The summed E-state index contributed by atoms with van der Waals surface area (Å²) in [4.78, 5) is 0. The third kappa shape index (κ3) is 3.26. The molecule has 0 bridgehead atoms. The molecule has 3 rings (SSSR count). The van der Waals surface area contributed by atoms with Crippen LogP contribution in [0.5, 0.6) is 5.75 Å². The number of fused-ring (bicyclic) bond motifs is 1. The Morgan fingerprint density at radius 1 is 1.11 bits per heavy atom. The molecule has 0 amide bonds. The summed E-state index contributed by atoms with van der Waals surface area (Å²) in [7, 11) is 1.75. The average molecular weight is 277 g/mol. The highest BCUT2D eigenvalue weighted by Gasteiger charge is 2.22. The second-order valence-electron chi connectivity index (χ2n) is 5.63. The molecule has 1 heterocycles. The third-order valence-corrected chi connectivity index (χ3v) is 5.38. The third-order valence-electron chi connectivity index (χ3n) is 4.33. The van der Waals surface area contributed by atoms with E-state index in [0.717, 1.165) is 18.2 Å². The first kappa shape index (κ1) is 13.3. The second-order valence-corrected chi connectivity index (χ2v) is 6.85. The quantitative estimate of drug-likeness (QED) is 0.917. The summed E-state index contributed by atoms with van der Waals surface area (Å²) in [5, 5.41) is 3.88. The molecule has 1 aliphatic carbocycles. The van der Waals surface area contributed by atoms with Crippen LogP contribution < -0.4 is 10.1 Å². The highest BCUT2D eigenvalue weighted by Crippen LogP contribution is 2.26. The van der Waals surface area contributed by atoms with Gasteiger partial charge in [-0.25, -0.2) is 0 Å². The van der Waals surface area contributed by atoms with E-state index in [1.54, 1.807) is 7.11 Å². The molecule has 1 aliphatic heterocycles. The van der Waals surface area contributed by atoms with Crippen molar-refractivity contribution in [2.24, 2.45) is 0 Å². The lowest BCUT2D eigenvalue weighted by atomic mass is 9.87. The second kappa shape index (κ2) is 6.19. The van der Waals surface area contributed by atoms with Crippen molar-refractivity contribution < 1.29 is 4.74 Å². The Labute approximate surface area is 120 Å². The maximum atomic E-state index is 5.34. The summed E-state index contributed by atoms with van der Waals surface area (Å²) in [6, 6.07) is 7.96. The lowest BCUT2D eigenvalue weighted by Crippen LogP contribution is -2.43. The molecule has 0 aromatic heterocycles. The minimum Gasteiger partial charge on any atom is -0.497 e. The smallest absolute Gasteiger partial charge is 0.119 e. The number of benzene rings is 1. The van der Waals surface area contributed by atoms with Crippen LogP contribution in [-0.2, 0) is 12.8 Å². The molecule has 0 radical (unpaired) electrons. The fourth-order valence-electron chi connectivity index (χ4n) is 3.20. The van der Waals surface area contributed by atoms with Crippen molar-refractivity contribution in [2.75, 3.05) is 18.6 Å². The molecule has 19 heavy (non-hydrogen) atoms. The zero-order valence-electron chi connectivity index (χ0n) is 11.7. The first-order valence-corrected chi connectivity index (χ1v) is 8.50. The molecule has 2 nitrogen and oxygen atoms in total. The highest BCUT2D eigenvalue weighted by atomic mass is 32.2. The zero-order valence-corrected chi connectivity index (χ0v) is 12.5. The number of rotatable bonds is 3. The Morgan fingerprint density at radius 3 is 2.74 bits per heavy atom. The molecule has 1 aromatic carbocycles. The van der Waals surface area contributed by atoms with Gasteiger partial charge in [0.1, 0.15) is 5.75 Å². The van der Waals surface area contributed by atoms with Gasteiger partial charge in [0.05, 0.1) is 7.11 Å². The van der Waals surface area contributed by atoms with Crippen LogP contribution in [0.2, 0.25) is 0 Å². The predicted octanol–water partition coefficient (Wildman–Crippen LogP) is 3.04. The lowest BCUT2D eigenvalue weighted by Gasteiger charge is -2.31. The van der Waals surface area contributed by atoms with Crippen molar-refractivity contribution in [3.8, 4) is 5.75 Å². The molecule has 0 spiro atoms. The first-order valence-electron chi connectivity index (χ1n) is 7.35. The lowest BCUT2D eigenvalue weighted by molar-refractivity contribution is 0.375. The number of aryl methyl sites for hydroxylation is 1. The van der Waals surface area contributed by atoms with Crippen LogP contribution in [0.3, 0.4) is 0 Å². The number of nitrogens with one attached hydrogen (secondary N) is 1. The molecule has 104 valence electrons. The molecule has 1 unspecified atom stereocenters. The molecule has 1 N–H and O–H groups in total. The van der Waals surface area contributed by atoms with E-state index < -0.39 is 0 Å². The number of ether oxygens (including phenoxy) is 1. The van der Waals surface area contributed by atoms with E-state index in [1.807, 2.05) is 0 Å². The van der Waals surface area contributed by atoms with E-state index >= 15 is 0 Å². The zero-order chi connectivity index (χ0) is 13.1. The minimum absolute atomic E-state index is 0.660. The van der Waals surface area contributed by atoms with E-state index in [4.69, 9.17) is 4.74 Å². The Morgan fingerprint density at radius 2 is 1.95 bits per heavy atom. The van der Waals surface area contributed by atoms with E-state index in [0.29, 0.717) is 6.04 Å². The number of hydrogen-bond donors (Lipinski definition) is 1. The molecular formula is C16H23NOS. The van der Waals surface area contributed by atoms with Gasteiger partial charge < -0.3 is 10.1 Å². The standard InChI is InChI=1S/C16H23NOS/c1-18-16-5-3-12-2-4-15(10-13(12)11-16)17-14-6-8-19-9-7-14/h3,5,11,14-15,17H,2,4,6-10H2,1H3. The van der Waals surface area contributed by atoms with E-state index in [-0.39, 0.29) is 0 Å².